The van der Waals surface area contributed by atoms with E-state index in [4.69, 9.17) is 9.47 Å². The van der Waals surface area contributed by atoms with Gasteiger partial charge < -0.3 is 14.8 Å². The van der Waals surface area contributed by atoms with Crippen molar-refractivity contribution in [3.63, 3.8) is 0 Å². The van der Waals surface area contributed by atoms with Crippen LogP contribution < -0.4 is 14.8 Å². The summed E-state index contributed by atoms with van der Waals surface area (Å²) >= 11 is 0. The van der Waals surface area contributed by atoms with Gasteiger partial charge in [-0.15, -0.1) is 10.2 Å². The summed E-state index contributed by atoms with van der Waals surface area (Å²) in [5.41, 5.74) is 3.12. The quantitative estimate of drug-likeness (QED) is 0.371. The number of methoxy groups -OCH3 is 1. The number of aromatic nitrogens is 6. The molecule has 0 saturated carbocycles. The molecule has 0 aliphatic carbocycles. The van der Waals surface area contributed by atoms with E-state index in [1.54, 1.807) is 13.3 Å². The Morgan fingerprint density at radius 3 is 2.58 bits per heavy atom. The van der Waals surface area contributed by atoms with Crippen LogP contribution in [-0.4, -0.2) is 37.7 Å². The molecule has 0 saturated heterocycles. The number of H-pyrrole nitrogens is 1. The third-order valence-electron chi connectivity index (χ3n) is 4.81. The van der Waals surface area contributed by atoms with Gasteiger partial charge in [0.05, 0.1) is 18.4 Å². The summed E-state index contributed by atoms with van der Waals surface area (Å²) in [6.45, 7) is 0. The molecule has 0 unspecified atom stereocenters. The number of hydrogen-bond donors (Lipinski definition) is 2. The average molecular weight is 437 g/mol. The molecular weight excluding hydrogens is 418 g/mol. The van der Waals surface area contributed by atoms with Crippen molar-refractivity contribution < 1.29 is 9.47 Å². The lowest BCUT2D eigenvalue weighted by Gasteiger charge is -2.11. The second-order valence-corrected chi connectivity index (χ2v) is 6.98. The van der Waals surface area contributed by atoms with Gasteiger partial charge >= 0.3 is 0 Å². The van der Waals surface area contributed by atoms with Gasteiger partial charge in [-0.3, -0.25) is 0 Å². The van der Waals surface area contributed by atoms with Crippen molar-refractivity contribution in [3.05, 3.63) is 85.1 Å². The van der Waals surface area contributed by atoms with Gasteiger partial charge in [0.15, 0.2) is 0 Å². The molecule has 0 bridgehead atoms. The summed E-state index contributed by atoms with van der Waals surface area (Å²) in [6, 6.07) is 24.8. The normalized spacial score (nSPS) is 10.6. The maximum Gasteiger partial charge on any atom is 0.227 e. The van der Waals surface area contributed by atoms with Gasteiger partial charge in [-0.1, -0.05) is 24.3 Å². The molecule has 0 amide bonds. The molecule has 2 N–H and O–H groups in total. The number of benzene rings is 3. The minimum atomic E-state index is 0.441. The first-order valence-corrected chi connectivity index (χ1v) is 10.1. The van der Waals surface area contributed by atoms with Crippen LogP contribution in [0.4, 0.5) is 11.6 Å². The molecule has 33 heavy (non-hydrogen) atoms. The summed E-state index contributed by atoms with van der Waals surface area (Å²) in [5, 5.41) is 17.4. The monoisotopic (exact) mass is 437 g/mol. The number of ether oxygens (including phenoxy) is 2. The molecule has 9 nitrogen and oxygen atoms in total. The maximum atomic E-state index is 5.91. The molecule has 5 rings (SSSR count). The molecular formula is C24H19N7O2. The molecule has 0 fully saturated rings. The van der Waals surface area contributed by atoms with Crippen molar-refractivity contribution in [1.29, 1.82) is 0 Å². The number of rotatable bonds is 7. The Bertz CT molecular complexity index is 1360. The fraction of sp³-hybridized carbons (Fsp3) is 0.0417. The third-order valence-corrected chi connectivity index (χ3v) is 4.81. The second kappa shape index (κ2) is 9.15. The lowest BCUT2D eigenvalue weighted by Crippen LogP contribution is -1.98. The van der Waals surface area contributed by atoms with Gasteiger partial charge in [-0.25, -0.2) is 9.97 Å². The number of anilines is 2. The number of aromatic amines is 1. The van der Waals surface area contributed by atoms with E-state index in [1.165, 1.54) is 0 Å². The van der Waals surface area contributed by atoms with E-state index in [9.17, 15) is 0 Å². The second-order valence-electron chi connectivity index (χ2n) is 6.98. The molecule has 0 atom stereocenters. The highest BCUT2D eigenvalue weighted by atomic mass is 16.5. The zero-order valence-corrected chi connectivity index (χ0v) is 17.6. The van der Waals surface area contributed by atoms with Gasteiger partial charge in [0.25, 0.3) is 0 Å². The maximum absolute atomic E-state index is 5.91. The van der Waals surface area contributed by atoms with Gasteiger partial charge in [0.2, 0.25) is 11.8 Å². The summed E-state index contributed by atoms with van der Waals surface area (Å²) in [7, 11) is 1.60. The molecule has 2 heterocycles. The average Bonchev–Trinajstić information content (AvgIpc) is 3.40. The standard InChI is InChI=1S/C24H19N7O2/c1-32-22-11-10-16(14-20(22)23-28-30-31-29-23)21-12-13-25-24(27-21)26-17-6-5-9-19(15-17)33-18-7-3-2-4-8-18/h2-15H,1H3,(H,25,26,27)(H,28,29,30,31). The van der Waals surface area contributed by atoms with E-state index in [-0.39, 0.29) is 0 Å². The van der Waals surface area contributed by atoms with Crippen molar-refractivity contribution in [2.75, 3.05) is 12.4 Å². The van der Waals surface area contributed by atoms with E-state index >= 15 is 0 Å². The first kappa shape index (κ1) is 20.1. The first-order chi connectivity index (χ1) is 16.3. The minimum Gasteiger partial charge on any atom is -0.496 e. The third kappa shape index (κ3) is 4.62. The van der Waals surface area contributed by atoms with E-state index < -0.39 is 0 Å². The highest BCUT2D eigenvalue weighted by Crippen LogP contribution is 2.32. The number of para-hydroxylation sites is 1. The lowest BCUT2D eigenvalue weighted by atomic mass is 10.1. The molecule has 5 aromatic rings. The van der Waals surface area contributed by atoms with Crippen LogP contribution in [0.2, 0.25) is 0 Å². The van der Waals surface area contributed by atoms with Crippen LogP contribution in [0.3, 0.4) is 0 Å². The van der Waals surface area contributed by atoms with Crippen molar-refractivity contribution in [1.82, 2.24) is 30.6 Å². The molecule has 9 heteroatoms. The Kier molecular flexibility index (Phi) is 5.58. The highest BCUT2D eigenvalue weighted by molar-refractivity contribution is 5.73. The van der Waals surface area contributed by atoms with Crippen LogP contribution in [0.25, 0.3) is 22.6 Å². The lowest BCUT2D eigenvalue weighted by molar-refractivity contribution is 0.416. The summed E-state index contributed by atoms with van der Waals surface area (Å²) in [4.78, 5) is 9.01. The Balaban J connectivity index is 1.39. The summed E-state index contributed by atoms with van der Waals surface area (Å²) in [6.07, 6.45) is 1.70. The summed E-state index contributed by atoms with van der Waals surface area (Å²) in [5.74, 6) is 3.02. The molecule has 2 aromatic heterocycles. The molecule has 3 aromatic carbocycles. The fourth-order valence-electron chi connectivity index (χ4n) is 3.29. The Morgan fingerprint density at radius 1 is 0.879 bits per heavy atom. The smallest absolute Gasteiger partial charge is 0.227 e. The van der Waals surface area contributed by atoms with Crippen molar-refractivity contribution in [3.8, 4) is 39.9 Å². The van der Waals surface area contributed by atoms with Crippen LogP contribution in [0, 0.1) is 0 Å². The van der Waals surface area contributed by atoms with Crippen molar-refractivity contribution >= 4 is 11.6 Å². The van der Waals surface area contributed by atoms with E-state index in [0.717, 1.165) is 22.7 Å². The Labute approximate surface area is 189 Å². The minimum absolute atomic E-state index is 0.441. The van der Waals surface area contributed by atoms with Gasteiger partial charge in [0.1, 0.15) is 17.2 Å². The fourth-order valence-corrected chi connectivity index (χ4v) is 3.29. The van der Waals surface area contributed by atoms with Crippen LogP contribution in [0.1, 0.15) is 0 Å². The topological polar surface area (TPSA) is 111 Å². The Morgan fingerprint density at radius 2 is 1.76 bits per heavy atom. The van der Waals surface area contributed by atoms with Crippen LogP contribution in [-0.2, 0) is 0 Å². The molecule has 0 aliphatic heterocycles. The number of hydrogen-bond acceptors (Lipinski definition) is 8. The van der Waals surface area contributed by atoms with E-state index in [0.29, 0.717) is 28.8 Å². The van der Waals surface area contributed by atoms with E-state index in [2.05, 4.69) is 35.9 Å². The largest absolute Gasteiger partial charge is 0.496 e. The van der Waals surface area contributed by atoms with E-state index in [1.807, 2.05) is 78.9 Å². The first-order valence-electron chi connectivity index (χ1n) is 10.1. The molecule has 162 valence electrons. The number of nitrogens with zero attached hydrogens (tertiary/aromatic N) is 5. The molecule has 0 spiro atoms. The predicted octanol–water partition coefficient (Wildman–Crippen LogP) is 4.87. The molecule has 0 radical (unpaired) electrons. The zero-order chi connectivity index (χ0) is 22.5. The van der Waals surface area contributed by atoms with Gasteiger partial charge in [0, 0.05) is 23.5 Å². The van der Waals surface area contributed by atoms with Gasteiger partial charge in [-0.2, -0.15) is 5.21 Å². The Hall–Kier alpha value is -4.79. The molecule has 0 aliphatic rings. The summed E-state index contributed by atoms with van der Waals surface area (Å²) < 4.78 is 11.3. The van der Waals surface area contributed by atoms with Crippen LogP contribution in [0.5, 0.6) is 17.2 Å². The van der Waals surface area contributed by atoms with Crippen molar-refractivity contribution in [2.24, 2.45) is 0 Å². The zero-order valence-electron chi connectivity index (χ0n) is 17.6. The van der Waals surface area contributed by atoms with Crippen LogP contribution in [0.15, 0.2) is 85.1 Å². The SMILES string of the molecule is COc1ccc(-c2ccnc(Nc3cccc(Oc4ccccc4)c3)n2)cc1-c1nn[nH]n1. The van der Waals surface area contributed by atoms with Crippen molar-refractivity contribution in [2.45, 2.75) is 0 Å². The predicted molar refractivity (Wildman–Crippen MR) is 123 cm³/mol. The number of nitrogens with one attached hydrogen (secondary N) is 2. The number of tetrazole rings is 1. The van der Waals surface area contributed by atoms with Crippen LogP contribution >= 0.6 is 0 Å². The highest BCUT2D eigenvalue weighted by Gasteiger charge is 2.13. The van der Waals surface area contributed by atoms with Gasteiger partial charge in [-0.05, 0) is 53.7 Å².